The molecule has 0 aliphatic heterocycles. The molecule has 4 nitrogen and oxygen atoms in total. The Bertz CT molecular complexity index is 818. The van der Waals surface area contributed by atoms with Gasteiger partial charge in [0.15, 0.2) is 5.82 Å². The van der Waals surface area contributed by atoms with E-state index in [0.29, 0.717) is 21.9 Å². The van der Waals surface area contributed by atoms with Crippen LogP contribution in [0.1, 0.15) is 0 Å². The van der Waals surface area contributed by atoms with Crippen molar-refractivity contribution in [2.24, 2.45) is 0 Å². The standard InChI is InChI=1S/C16H14ClN3O/c1-20(2)11-5-3-4-10(8-11)16-18-14-7-6-12(21)9-13(14)15(17)19-16/h3-9,21H,1-2H3. The third kappa shape index (κ3) is 2.62. The minimum Gasteiger partial charge on any atom is -0.508 e. The van der Waals surface area contributed by atoms with Gasteiger partial charge in [0.1, 0.15) is 10.9 Å². The number of nitrogens with zero attached hydrogens (tertiary/aromatic N) is 3. The van der Waals surface area contributed by atoms with Gasteiger partial charge in [-0.05, 0) is 30.3 Å². The molecule has 0 spiro atoms. The van der Waals surface area contributed by atoms with Crippen molar-refractivity contribution < 1.29 is 5.11 Å². The second-order valence-electron chi connectivity index (χ2n) is 4.98. The van der Waals surface area contributed by atoms with E-state index in [1.807, 2.05) is 43.3 Å². The van der Waals surface area contributed by atoms with Gasteiger partial charge >= 0.3 is 0 Å². The fraction of sp³-hybridized carbons (Fsp3) is 0.125. The number of phenolic OH excluding ortho intramolecular Hbond substituents is 1. The van der Waals surface area contributed by atoms with Crippen molar-refractivity contribution in [1.29, 1.82) is 0 Å². The van der Waals surface area contributed by atoms with Crippen molar-refractivity contribution in [3.63, 3.8) is 0 Å². The van der Waals surface area contributed by atoms with E-state index in [4.69, 9.17) is 11.6 Å². The molecular weight excluding hydrogens is 286 g/mol. The van der Waals surface area contributed by atoms with Crippen LogP contribution in [0.5, 0.6) is 5.75 Å². The molecule has 0 amide bonds. The van der Waals surface area contributed by atoms with E-state index >= 15 is 0 Å². The molecule has 1 N–H and O–H groups in total. The van der Waals surface area contributed by atoms with Crippen LogP contribution in [0.4, 0.5) is 5.69 Å². The van der Waals surface area contributed by atoms with Gasteiger partial charge < -0.3 is 10.0 Å². The van der Waals surface area contributed by atoms with Crippen LogP contribution >= 0.6 is 11.6 Å². The molecule has 0 radical (unpaired) electrons. The van der Waals surface area contributed by atoms with Crippen LogP contribution in [0.15, 0.2) is 42.5 Å². The van der Waals surface area contributed by atoms with Crippen molar-refractivity contribution in [3.8, 4) is 17.1 Å². The minimum atomic E-state index is 0.148. The zero-order chi connectivity index (χ0) is 15.0. The lowest BCUT2D eigenvalue weighted by atomic mass is 10.1. The predicted molar refractivity (Wildman–Crippen MR) is 86.0 cm³/mol. The Balaban J connectivity index is 2.17. The molecule has 0 unspecified atom stereocenters. The smallest absolute Gasteiger partial charge is 0.161 e. The maximum absolute atomic E-state index is 9.52. The number of phenols is 1. The second-order valence-corrected chi connectivity index (χ2v) is 5.34. The molecule has 3 rings (SSSR count). The van der Waals surface area contributed by atoms with Crippen molar-refractivity contribution >= 4 is 28.2 Å². The summed E-state index contributed by atoms with van der Waals surface area (Å²) in [4.78, 5) is 10.9. The van der Waals surface area contributed by atoms with Gasteiger partial charge in [-0.15, -0.1) is 0 Å². The van der Waals surface area contributed by atoms with Crippen molar-refractivity contribution in [2.45, 2.75) is 0 Å². The first-order valence-corrected chi connectivity index (χ1v) is 6.86. The van der Waals surface area contributed by atoms with Crippen LogP contribution in [-0.2, 0) is 0 Å². The topological polar surface area (TPSA) is 49.2 Å². The van der Waals surface area contributed by atoms with Gasteiger partial charge in [-0.2, -0.15) is 0 Å². The largest absolute Gasteiger partial charge is 0.508 e. The third-order valence-electron chi connectivity index (χ3n) is 3.25. The molecule has 0 saturated carbocycles. The average molecular weight is 300 g/mol. The quantitative estimate of drug-likeness (QED) is 0.733. The first kappa shape index (κ1) is 13.6. The lowest BCUT2D eigenvalue weighted by Gasteiger charge is -2.13. The second kappa shape index (κ2) is 5.22. The minimum absolute atomic E-state index is 0.148. The zero-order valence-electron chi connectivity index (χ0n) is 11.7. The monoisotopic (exact) mass is 299 g/mol. The van der Waals surface area contributed by atoms with Crippen molar-refractivity contribution in [3.05, 3.63) is 47.6 Å². The number of rotatable bonds is 2. The normalized spacial score (nSPS) is 10.8. The number of benzene rings is 2. The molecular formula is C16H14ClN3O. The first-order chi connectivity index (χ1) is 10.0. The van der Waals surface area contributed by atoms with Gasteiger partial charge in [0, 0.05) is 30.7 Å². The lowest BCUT2D eigenvalue weighted by Crippen LogP contribution is -2.08. The molecule has 21 heavy (non-hydrogen) atoms. The highest BCUT2D eigenvalue weighted by Gasteiger charge is 2.09. The summed E-state index contributed by atoms with van der Waals surface area (Å²) in [6, 6.07) is 12.8. The maximum Gasteiger partial charge on any atom is 0.161 e. The molecule has 5 heteroatoms. The highest BCUT2D eigenvalue weighted by molar-refractivity contribution is 6.34. The molecule has 0 fully saturated rings. The summed E-state index contributed by atoms with van der Waals surface area (Å²) in [6.07, 6.45) is 0. The van der Waals surface area contributed by atoms with E-state index in [1.54, 1.807) is 18.2 Å². The highest BCUT2D eigenvalue weighted by Crippen LogP contribution is 2.28. The van der Waals surface area contributed by atoms with Gasteiger partial charge in [-0.3, -0.25) is 0 Å². The number of hydrogen-bond acceptors (Lipinski definition) is 4. The Hall–Kier alpha value is -2.33. The van der Waals surface area contributed by atoms with E-state index in [0.717, 1.165) is 11.3 Å². The first-order valence-electron chi connectivity index (χ1n) is 6.48. The summed E-state index contributed by atoms with van der Waals surface area (Å²) in [7, 11) is 3.96. The fourth-order valence-corrected chi connectivity index (χ4v) is 2.36. The Kier molecular flexibility index (Phi) is 3.39. The van der Waals surface area contributed by atoms with Gasteiger partial charge in [-0.25, -0.2) is 9.97 Å². The third-order valence-corrected chi connectivity index (χ3v) is 3.54. The molecule has 1 aromatic heterocycles. The average Bonchev–Trinajstić information content (AvgIpc) is 2.48. The van der Waals surface area contributed by atoms with Crippen LogP contribution < -0.4 is 4.90 Å². The van der Waals surface area contributed by atoms with Crippen LogP contribution in [0.25, 0.3) is 22.3 Å². The summed E-state index contributed by atoms with van der Waals surface area (Å²) in [5.74, 6) is 0.720. The summed E-state index contributed by atoms with van der Waals surface area (Å²) in [5, 5.41) is 10.5. The van der Waals surface area contributed by atoms with Crippen molar-refractivity contribution in [2.75, 3.05) is 19.0 Å². The van der Waals surface area contributed by atoms with Crippen LogP contribution in [0.3, 0.4) is 0 Å². The summed E-state index contributed by atoms with van der Waals surface area (Å²) in [6.45, 7) is 0. The molecule has 0 aliphatic rings. The zero-order valence-corrected chi connectivity index (χ0v) is 12.5. The molecule has 3 aromatic rings. The Morgan fingerprint density at radius 1 is 1.05 bits per heavy atom. The molecule has 0 aliphatic carbocycles. The number of aromatic hydroxyl groups is 1. The summed E-state index contributed by atoms with van der Waals surface area (Å²) >= 11 is 6.21. The van der Waals surface area contributed by atoms with Gasteiger partial charge in [-0.1, -0.05) is 23.7 Å². The Labute approximate surface area is 127 Å². The van der Waals surface area contributed by atoms with Crippen LogP contribution in [0, 0.1) is 0 Å². The number of halogens is 1. The molecule has 0 saturated heterocycles. The lowest BCUT2D eigenvalue weighted by molar-refractivity contribution is 0.476. The van der Waals surface area contributed by atoms with E-state index in [-0.39, 0.29) is 5.75 Å². The molecule has 0 bridgehead atoms. The highest BCUT2D eigenvalue weighted by atomic mass is 35.5. The predicted octanol–water partition coefficient (Wildman–Crippen LogP) is 3.72. The summed E-state index contributed by atoms with van der Waals surface area (Å²) < 4.78 is 0. The molecule has 1 heterocycles. The van der Waals surface area contributed by atoms with E-state index in [9.17, 15) is 5.11 Å². The summed E-state index contributed by atoms with van der Waals surface area (Å²) in [5.41, 5.74) is 2.68. The fourth-order valence-electron chi connectivity index (χ4n) is 2.13. The van der Waals surface area contributed by atoms with Crippen LogP contribution in [-0.4, -0.2) is 29.2 Å². The molecule has 106 valence electrons. The van der Waals surface area contributed by atoms with Crippen LogP contribution in [0.2, 0.25) is 5.15 Å². The number of aromatic nitrogens is 2. The number of hydrogen-bond donors (Lipinski definition) is 1. The molecule has 2 aromatic carbocycles. The maximum atomic E-state index is 9.52. The van der Waals surface area contributed by atoms with E-state index in [2.05, 4.69) is 9.97 Å². The Morgan fingerprint density at radius 3 is 2.62 bits per heavy atom. The molecule has 0 atom stereocenters. The Morgan fingerprint density at radius 2 is 1.86 bits per heavy atom. The van der Waals surface area contributed by atoms with Gasteiger partial charge in [0.25, 0.3) is 0 Å². The number of fused-ring (bicyclic) bond motifs is 1. The van der Waals surface area contributed by atoms with E-state index in [1.165, 1.54) is 0 Å². The van der Waals surface area contributed by atoms with Crippen molar-refractivity contribution in [1.82, 2.24) is 9.97 Å². The number of anilines is 1. The van der Waals surface area contributed by atoms with Gasteiger partial charge in [0.05, 0.1) is 5.52 Å². The van der Waals surface area contributed by atoms with Gasteiger partial charge in [0.2, 0.25) is 0 Å². The van der Waals surface area contributed by atoms with E-state index < -0.39 is 0 Å². The SMILES string of the molecule is CN(C)c1cccc(-c2nc(Cl)c3cc(O)ccc3n2)c1.